The Kier molecular flexibility index (Phi) is 4.51. The van der Waals surface area contributed by atoms with E-state index in [9.17, 15) is 16.8 Å². The molecule has 112 valence electrons. The molecule has 0 unspecified atom stereocenters. The van der Waals surface area contributed by atoms with Crippen LogP contribution in [0.5, 0.6) is 0 Å². The summed E-state index contributed by atoms with van der Waals surface area (Å²) in [5.74, 6) is 0.607. The Labute approximate surface area is 114 Å². The fourth-order valence-electron chi connectivity index (χ4n) is 2.60. The average molecular weight is 311 g/mol. The molecule has 19 heavy (non-hydrogen) atoms. The highest BCUT2D eigenvalue weighted by Crippen LogP contribution is 2.28. The van der Waals surface area contributed by atoms with Gasteiger partial charge in [-0.2, -0.15) is 0 Å². The normalized spacial score (nSPS) is 28.7. The van der Waals surface area contributed by atoms with E-state index in [4.69, 9.17) is 0 Å². The van der Waals surface area contributed by atoms with Crippen LogP contribution in [0.2, 0.25) is 0 Å². The predicted octanol–water partition coefficient (Wildman–Crippen LogP) is -1.59. The van der Waals surface area contributed by atoms with Crippen molar-refractivity contribution in [3.63, 3.8) is 0 Å². The van der Waals surface area contributed by atoms with Gasteiger partial charge in [0, 0.05) is 19.6 Å². The van der Waals surface area contributed by atoms with Crippen LogP contribution in [0.3, 0.4) is 0 Å². The summed E-state index contributed by atoms with van der Waals surface area (Å²) in [5.41, 5.74) is 0. The summed E-state index contributed by atoms with van der Waals surface area (Å²) in [6, 6.07) is 0. The minimum atomic E-state index is -3.35. The maximum absolute atomic E-state index is 12.1. The van der Waals surface area contributed by atoms with E-state index in [-0.39, 0.29) is 18.1 Å². The lowest BCUT2D eigenvalue weighted by Crippen LogP contribution is -2.38. The van der Waals surface area contributed by atoms with E-state index in [1.807, 2.05) is 0 Å². The lowest BCUT2D eigenvalue weighted by atomic mass is 10.0. The summed E-state index contributed by atoms with van der Waals surface area (Å²) < 4.78 is 50.5. The molecule has 0 aliphatic carbocycles. The van der Waals surface area contributed by atoms with Gasteiger partial charge >= 0.3 is 0 Å². The fourth-order valence-corrected chi connectivity index (χ4v) is 4.80. The van der Waals surface area contributed by atoms with Crippen molar-refractivity contribution < 1.29 is 16.8 Å². The Morgan fingerprint density at radius 1 is 1.16 bits per heavy atom. The van der Waals surface area contributed by atoms with Crippen molar-refractivity contribution in [2.45, 2.75) is 6.92 Å². The molecule has 0 aromatic carbocycles. The van der Waals surface area contributed by atoms with Crippen molar-refractivity contribution in [1.82, 2.24) is 14.3 Å². The third kappa shape index (κ3) is 3.66. The van der Waals surface area contributed by atoms with E-state index >= 15 is 0 Å². The largest absolute Gasteiger partial charge is 0.316 e. The van der Waals surface area contributed by atoms with Crippen LogP contribution in [0.1, 0.15) is 6.92 Å². The SMILES string of the molecule is CCS(=O)(=O)NCCS(=O)(=O)N1C[C@H]2CNC[C@H]2C1. The molecule has 2 rings (SSSR count). The van der Waals surface area contributed by atoms with Gasteiger partial charge in [-0.1, -0.05) is 0 Å². The van der Waals surface area contributed by atoms with Crippen LogP contribution in [-0.4, -0.2) is 65.4 Å². The second kappa shape index (κ2) is 5.65. The van der Waals surface area contributed by atoms with Gasteiger partial charge in [0.1, 0.15) is 0 Å². The zero-order chi connectivity index (χ0) is 14.1. The number of nitrogens with one attached hydrogen (secondary N) is 2. The van der Waals surface area contributed by atoms with Gasteiger partial charge < -0.3 is 5.32 Å². The van der Waals surface area contributed by atoms with Crippen LogP contribution in [0.25, 0.3) is 0 Å². The van der Waals surface area contributed by atoms with Gasteiger partial charge in [-0.05, 0) is 31.8 Å². The first kappa shape index (κ1) is 15.2. The van der Waals surface area contributed by atoms with Crippen molar-refractivity contribution in [1.29, 1.82) is 0 Å². The Bertz CT molecular complexity index is 505. The zero-order valence-corrected chi connectivity index (χ0v) is 12.6. The lowest BCUT2D eigenvalue weighted by molar-refractivity contribution is 0.448. The number of rotatable bonds is 6. The number of hydrogen-bond acceptors (Lipinski definition) is 5. The molecule has 2 aliphatic rings. The standard InChI is InChI=1S/C10H21N3O4S2/c1-2-18(14,15)12-3-4-19(16,17)13-7-9-5-11-6-10(9)8-13/h9-12H,2-8H2,1H3/t9-,10+. The summed E-state index contributed by atoms with van der Waals surface area (Å²) in [7, 11) is -6.68. The molecular weight excluding hydrogens is 290 g/mol. The van der Waals surface area contributed by atoms with Crippen molar-refractivity contribution in [3.8, 4) is 0 Å². The van der Waals surface area contributed by atoms with Gasteiger partial charge in [0.25, 0.3) is 0 Å². The highest BCUT2D eigenvalue weighted by molar-refractivity contribution is 7.90. The van der Waals surface area contributed by atoms with Gasteiger partial charge in [0.2, 0.25) is 20.0 Å². The molecule has 2 aliphatic heterocycles. The molecule has 0 radical (unpaired) electrons. The van der Waals surface area contributed by atoms with E-state index in [0.29, 0.717) is 24.9 Å². The summed E-state index contributed by atoms with van der Waals surface area (Å²) in [4.78, 5) is 0. The first-order chi connectivity index (χ1) is 8.84. The van der Waals surface area contributed by atoms with Gasteiger partial charge in [-0.25, -0.2) is 25.9 Å². The smallest absolute Gasteiger partial charge is 0.215 e. The van der Waals surface area contributed by atoms with E-state index in [2.05, 4.69) is 10.0 Å². The molecule has 2 heterocycles. The average Bonchev–Trinajstić information content (AvgIpc) is 2.88. The van der Waals surface area contributed by atoms with Crippen LogP contribution >= 0.6 is 0 Å². The van der Waals surface area contributed by atoms with Crippen LogP contribution in [0.4, 0.5) is 0 Å². The Hall–Kier alpha value is -0.220. The molecule has 2 saturated heterocycles. The highest BCUT2D eigenvalue weighted by atomic mass is 32.2. The molecular formula is C10H21N3O4S2. The molecule has 9 heteroatoms. The molecule has 0 amide bonds. The van der Waals surface area contributed by atoms with Gasteiger partial charge in [0.15, 0.2) is 0 Å². The first-order valence-corrected chi connectivity index (χ1v) is 9.76. The van der Waals surface area contributed by atoms with E-state index in [1.165, 1.54) is 11.2 Å². The monoisotopic (exact) mass is 311 g/mol. The maximum Gasteiger partial charge on any atom is 0.215 e. The molecule has 0 aromatic heterocycles. The van der Waals surface area contributed by atoms with Crippen LogP contribution in [0, 0.1) is 11.8 Å². The topological polar surface area (TPSA) is 95.6 Å². The van der Waals surface area contributed by atoms with Crippen LogP contribution in [0.15, 0.2) is 0 Å². The highest BCUT2D eigenvalue weighted by Gasteiger charge is 2.40. The number of hydrogen-bond donors (Lipinski definition) is 2. The Morgan fingerprint density at radius 3 is 2.26 bits per heavy atom. The van der Waals surface area contributed by atoms with Crippen LogP contribution < -0.4 is 10.0 Å². The third-order valence-electron chi connectivity index (χ3n) is 3.81. The zero-order valence-electron chi connectivity index (χ0n) is 11.0. The maximum atomic E-state index is 12.1. The van der Waals surface area contributed by atoms with E-state index < -0.39 is 20.0 Å². The summed E-state index contributed by atoms with van der Waals surface area (Å²) in [5, 5.41) is 3.25. The molecule has 0 bridgehead atoms. The quantitative estimate of drug-likeness (QED) is 0.616. The lowest BCUT2D eigenvalue weighted by Gasteiger charge is -2.17. The fraction of sp³-hybridized carbons (Fsp3) is 1.00. The second-order valence-corrected chi connectivity index (χ2v) is 9.29. The minimum absolute atomic E-state index is 0.0351. The molecule has 7 nitrogen and oxygen atoms in total. The minimum Gasteiger partial charge on any atom is -0.316 e. The van der Waals surface area contributed by atoms with E-state index in [0.717, 1.165) is 13.1 Å². The third-order valence-corrected chi connectivity index (χ3v) is 7.02. The van der Waals surface area contributed by atoms with Gasteiger partial charge in [-0.15, -0.1) is 0 Å². The molecule has 0 saturated carbocycles. The van der Waals surface area contributed by atoms with Crippen molar-refractivity contribution in [2.75, 3.05) is 44.2 Å². The van der Waals surface area contributed by atoms with Crippen molar-refractivity contribution in [2.24, 2.45) is 11.8 Å². The molecule has 2 fully saturated rings. The van der Waals surface area contributed by atoms with E-state index in [1.54, 1.807) is 0 Å². The Morgan fingerprint density at radius 2 is 1.74 bits per heavy atom. The second-order valence-electron chi connectivity index (χ2n) is 5.11. The van der Waals surface area contributed by atoms with Gasteiger partial charge in [0.05, 0.1) is 11.5 Å². The molecule has 2 N–H and O–H groups in total. The molecule has 0 aromatic rings. The Balaban J connectivity index is 1.86. The van der Waals surface area contributed by atoms with Gasteiger partial charge in [-0.3, -0.25) is 0 Å². The molecule has 2 atom stereocenters. The predicted molar refractivity (Wildman–Crippen MR) is 72.7 cm³/mol. The van der Waals surface area contributed by atoms with Crippen LogP contribution in [-0.2, 0) is 20.0 Å². The van der Waals surface area contributed by atoms with Crippen molar-refractivity contribution in [3.05, 3.63) is 0 Å². The first-order valence-electron chi connectivity index (χ1n) is 6.50. The number of nitrogens with zero attached hydrogens (tertiary/aromatic N) is 1. The summed E-state index contributed by atoms with van der Waals surface area (Å²) >= 11 is 0. The number of fused-ring (bicyclic) bond motifs is 1. The van der Waals surface area contributed by atoms with Crippen molar-refractivity contribution >= 4 is 20.0 Å². The summed E-state index contributed by atoms with van der Waals surface area (Å²) in [6.07, 6.45) is 0. The molecule has 0 spiro atoms. The summed E-state index contributed by atoms with van der Waals surface area (Å²) in [6.45, 7) is 4.33. The number of sulfonamides is 2.